The highest BCUT2D eigenvalue weighted by Crippen LogP contribution is 2.47. The fourth-order valence-corrected chi connectivity index (χ4v) is 8.92. The molecule has 0 radical (unpaired) electrons. The van der Waals surface area contributed by atoms with E-state index < -0.39 is 25.0 Å². The minimum absolute atomic E-state index is 0.0222. The zero-order valence-corrected chi connectivity index (χ0v) is 34.3. The van der Waals surface area contributed by atoms with Crippen LogP contribution in [0.15, 0.2) is 10.2 Å². The van der Waals surface area contributed by atoms with Gasteiger partial charge in [0.1, 0.15) is 24.4 Å². The lowest BCUT2D eigenvalue weighted by molar-refractivity contribution is -0.269. The highest BCUT2D eigenvalue weighted by molar-refractivity contribution is 14.1. The maximum absolute atomic E-state index is 7.40. The number of rotatable bonds is 10. The van der Waals surface area contributed by atoms with Crippen molar-refractivity contribution in [3.63, 3.8) is 0 Å². The molecule has 41 heavy (non-hydrogen) atoms. The minimum Gasteiger partial charge on any atom is -0.408 e. The zero-order chi connectivity index (χ0) is 31.8. The van der Waals surface area contributed by atoms with Gasteiger partial charge in [0.25, 0.3) is 0 Å². The second kappa shape index (κ2) is 13.7. The maximum Gasteiger partial charge on any atom is 0.193 e. The number of hydrogen-bond acceptors (Lipinski definition) is 6. The molecule has 2 fully saturated rings. The van der Waals surface area contributed by atoms with Gasteiger partial charge in [-0.2, -0.15) is 0 Å². The molecule has 2 aliphatic heterocycles. The Hall–Kier alpha value is 0.881. The van der Waals surface area contributed by atoms with Gasteiger partial charge in [0.05, 0.1) is 24.9 Å². The number of halogens is 1. The van der Waals surface area contributed by atoms with Crippen molar-refractivity contribution in [2.24, 2.45) is 0 Å². The molecule has 2 heterocycles. The average molecular weight is 743 g/mol. The van der Waals surface area contributed by atoms with Crippen molar-refractivity contribution in [1.29, 1.82) is 0 Å². The molecular weight excluding hydrogens is 679 g/mol. The van der Waals surface area contributed by atoms with Gasteiger partial charge in [-0.25, -0.2) is 0 Å². The maximum atomic E-state index is 7.40. The summed E-state index contributed by atoms with van der Waals surface area (Å²) in [5.74, 6) is 0. The van der Waals surface area contributed by atoms with Crippen molar-refractivity contribution >= 4 is 47.5 Å². The molecule has 2 aliphatic rings. The summed E-state index contributed by atoms with van der Waals surface area (Å²) in [6.45, 7) is 35.2. The summed E-state index contributed by atoms with van der Waals surface area (Å²) >= 11 is 2.31. The first-order chi connectivity index (χ1) is 18.4. The normalized spacial score (nSPS) is 30.0. The van der Waals surface area contributed by atoms with Crippen LogP contribution >= 0.6 is 22.6 Å². The molecule has 0 aliphatic carbocycles. The van der Waals surface area contributed by atoms with Crippen LogP contribution in [0.1, 0.15) is 75.2 Å². The van der Waals surface area contributed by atoms with Crippen LogP contribution in [0.5, 0.6) is 0 Å². The van der Waals surface area contributed by atoms with Gasteiger partial charge in [0.2, 0.25) is 0 Å². The van der Waals surface area contributed by atoms with E-state index in [2.05, 4.69) is 134 Å². The molecule has 0 N–H and O–H groups in total. The van der Waals surface area contributed by atoms with Crippen molar-refractivity contribution in [2.45, 2.75) is 172 Å². The Labute approximate surface area is 269 Å². The number of ether oxygens (including phenoxy) is 3. The first-order valence-corrected chi connectivity index (χ1v) is 25.5. The van der Waals surface area contributed by atoms with Crippen molar-refractivity contribution < 1.29 is 27.5 Å². The highest BCUT2D eigenvalue weighted by Gasteiger charge is 2.57. The van der Waals surface area contributed by atoms with E-state index in [4.69, 9.17) is 27.5 Å². The Morgan fingerprint density at radius 3 is 1.68 bits per heavy atom. The Bertz CT molecular complexity index is 875. The van der Waals surface area contributed by atoms with E-state index in [9.17, 15) is 0 Å². The summed E-state index contributed by atoms with van der Waals surface area (Å²) in [5.41, 5.74) is 0. The second-order valence-corrected chi connectivity index (χ2v) is 31.7. The van der Waals surface area contributed by atoms with Crippen LogP contribution in [0.2, 0.25) is 54.4 Å². The smallest absolute Gasteiger partial charge is 0.193 e. The number of hydrogen-bond donors (Lipinski definition) is 0. The Balaban J connectivity index is 2.72. The third-order valence-corrected chi connectivity index (χ3v) is 24.3. The van der Waals surface area contributed by atoms with Gasteiger partial charge in [0.15, 0.2) is 25.0 Å². The molecule has 0 aromatic rings. The van der Waals surface area contributed by atoms with E-state index in [0.29, 0.717) is 6.61 Å². The van der Waals surface area contributed by atoms with Crippen LogP contribution in [-0.4, -0.2) is 81.4 Å². The van der Waals surface area contributed by atoms with Gasteiger partial charge in [-0.1, -0.05) is 84.9 Å². The summed E-state index contributed by atoms with van der Waals surface area (Å²) in [4.78, 5) is 0. The van der Waals surface area contributed by atoms with Gasteiger partial charge in [-0.15, -0.1) is 0 Å². The van der Waals surface area contributed by atoms with Crippen LogP contribution in [0.3, 0.4) is 0 Å². The molecule has 2 rings (SSSR count). The van der Waals surface area contributed by atoms with Gasteiger partial charge >= 0.3 is 0 Å². The predicted molar refractivity (Wildman–Crippen MR) is 188 cm³/mol. The van der Waals surface area contributed by atoms with Crippen LogP contribution in [0.4, 0.5) is 0 Å². The molecule has 0 spiro atoms. The fourth-order valence-electron chi connectivity index (χ4n) is 4.66. The Morgan fingerprint density at radius 1 is 0.756 bits per heavy atom. The van der Waals surface area contributed by atoms with E-state index in [1.54, 1.807) is 7.11 Å². The lowest BCUT2D eigenvalue weighted by Crippen LogP contribution is -2.69. The molecule has 242 valence electrons. The van der Waals surface area contributed by atoms with E-state index in [1.807, 2.05) is 0 Å². The second-order valence-electron chi connectivity index (χ2n) is 16.7. The average Bonchev–Trinajstić information content (AvgIpc) is 2.78. The molecule has 7 atom stereocenters. The third kappa shape index (κ3) is 9.22. The van der Waals surface area contributed by atoms with Gasteiger partial charge in [-0.3, -0.25) is 0 Å². The van der Waals surface area contributed by atoms with Crippen molar-refractivity contribution in [3.05, 3.63) is 10.2 Å². The van der Waals surface area contributed by atoms with Gasteiger partial charge in [-0.05, 0) is 77.4 Å². The van der Waals surface area contributed by atoms with Crippen LogP contribution in [-0.2, 0) is 27.5 Å². The topological polar surface area (TPSA) is 55.4 Å². The van der Waals surface area contributed by atoms with Crippen molar-refractivity contribution in [2.75, 3.05) is 13.7 Å². The molecule has 0 saturated carbocycles. The summed E-state index contributed by atoms with van der Waals surface area (Å²) in [7, 11) is -4.85. The minimum atomic E-state index is -2.24. The molecule has 10 heteroatoms. The predicted octanol–water partition coefficient (Wildman–Crippen LogP) is 9.07. The molecule has 0 unspecified atom stereocenters. The SMILES string of the molecule is COC[C@H]1CC[C@@H]2O[C@@H]([C@H](/C=C/I)O[Si](C)(C)C(C)(C)C)[C@@H](O[Si](C)(C)C(C)(C)C)[C@@H](O[Si](C)(C)C(C)(C)C)[C@H]2O1. The summed E-state index contributed by atoms with van der Waals surface area (Å²) in [5, 5.41) is 0.129. The quantitative estimate of drug-likeness (QED) is 0.165. The molecule has 0 aromatic carbocycles. The number of methoxy groups -OCH3 is 1. The summed E-state index contributed by atoms with van der Waals surface area (Å²) < 4.78 is 43.4. The number of fused-ring (bicyclic) bond motifs is 1. The lowest BCUT2D eigenvalue weighted by Gasteiger charge is -2.56. The van der Waals surface area contributed by atoms with E-state index >= 15 is 0 Å². The van der Waals surface area contributed by atoms with Crippen molar-refractivity contribution in [3.8, 4) is 0 Å². The highest BCUT2D eigenvalue weighted by atomic mass is 127. The van der Waals surface area contributed by atoms with E-state index in [-0.39, 0.29) is 57.8 Å². The van der Waals surface area contributed by atoms with Crippen LogP contribution in [0, 0.1) is 0 Å². The Kier molecular flexibility index (Phi) is 12.7. The summed E-state index contributed by atoms with van der Waals surface area (Å²) in [6, 6.07) is 0. The Morgan fingerprint density at radius 2 is 1.24 bits per heavy atom. The fraction of sp³-hybridized carbons (Fsp3) is 0.935. The summed E-state index contributed by atoms with van der Waals surface area (Å²) in [6.07, 6.45) is 2.56. The first-order valence-electron chi connectivity index (χ1n) is 15.5. The standard InChI is InChI=1S/C31H63IO6Si3/c1-29(2,3)39(11,12)36-24(19-20-32)26-28(38-41(15,16)31(7,8)9)27(37-40(13,14)30(4,5)6)25-23(35-26)18-17-22(34-25)21-33-10/h19-20,22-28H,17-18,21H2,1-16H3/b20-19+/t22-,23+,24+,25+,26+,27+,28-/m1/s1. The monoisotopic (exact) mass is 742 g/mol. The third-order valence-electron chi connectivity index (χ3n) is 10.4. The molecule has 6 nitrogen and oxygen atoms in total. The zero-order valence-electron chi connectivity index (χ0n) is 29.1. The first kappa shape index (κ1) is 38.1. The largest absolute Gasteiger partial charge is 0.408 e. The van der Waals surface area contributed by atoms with Crippen molar-refractivity contribution in [1.82, 2.24) is 0 Å². The van der Waals surface area contributed by atoms with Crippen LogP contribution in [0.25, 0.3) is 0 Å². The van der Waals surface area contributed by atoms with E-state index in [0.717, 1.165) is 12.8 Å². The van der Waals surface area contributed by atoms with Gasteiger partial charge < -0.3 is 27.5 Å². The lowest BCUT2D eigenvalue weighted by atomic mass is 9.88. The van der Waals surface area contributed by atoms with Crippen LogP contribution < -0.4 is 0 Å². The molecule has 0 amide bonds. The molecule has 2 saturated heterocycles. The molecule has 0 aromatic heterocycles. The van der Waals surface area contributed by atoms with E-state index in [1.165, 1.54) is 0 Å². The molecule has 0 bridgehead atoms. The van der Waals surface area contributed by atoms with Gasteiger partial charge in [0, 0.05) is 7.11 Å². The molecular formula is C31H63IO6Si3.